The molecule has 2 heterocycles. The van der Waals surface area contributed by atoms with Crippen LogP contribution in [0.15, 0.2) is 24.3 Å². The third-order valence-electron chi connectivity index (χ3n) is 6.58. The molecule has 0 radical (unpaired) electrons. The Morgan fingerprint density at radius 2 is 1.77 bits per heavy atom. The summed E-state index contributed by atoms with van der Waals surface area (Å²) >= 11 is 0. The summed E-state index contributed by atoms with van der Waals surface area (Å²) < 4.78 is 64.7. The van der Waals surface area contributed by atoms with Gasteiger partial charge in [-0.2, -0.15) is 17.5 Å². The van der Waals surface area contributed by atoms with Crippen molar-refractivity contribution in [2.24, 2.45) is 5.41 Å². The molecule has 0 saturated carbocycles. The fourth-order valence-corrected chi connectivity index (χ4v) is 6.13. The molecule has 0 atom stereocenters. The van der Waals surface area contributed by atoms with Gasteiger partial charge in [-0.1, -0.05) is 6.07 Å². The van der Waals surface area contributed by atoms with Gasteiger partial charge in [-0.15, -0.1) is 0 Å². The van der Waals surface area contributed by atoms with Crippen LogP contribution >= 0.6 is 0 Å². The van der Waals surface area contributed by atoms with Crippen molar-refractivity contribution in [1.82, 2.24) is 9.21 Å². The number of halogens is 3. The zero-order valence-electron chi connectivity index (χ0n) is 18.1. The number of sulfonamides is 1. The quantitative estimate of drug-likeness (QED) is 0.745. The Bertz CT molecular complexity index is 923. The maximum Gasteiger partial charge on any atom is 0.416 e. The summed E-state index contributed by atoms with van der Waals surface area (Å²) in [5.74, 6) is -0.363. The minimum atomic E-state index is -4.46. The molecular weight excluding hydrogens is 431 g/mol. The van der Waals surface area contributed by atoms with Crippen molar-refractivity contribution in [3.8, 4) is 0 Å². The lowest BCUT2D eigenvalue weighted by Gasteiger charge is -2.52. The minimum absolute atomic E-state index is 0.0907. The predicted octanol–water partition coefficient (Wildman–Crippen LogP) is 3.56. The van der Waals surface area contributed by atoms with Crippen LogP contribution in [0.25, 0.3) is 0 Å². The van der Waals surface area contributed by atoms with Crippen molar-refractivity contribution < 1.29 is 26.4 Å². The fourth-order valence-electron chi connectivity index (χ4n) is 4.63. The van der Waals surface area contributed by atoms with Crippen LogP contribution in [0.5, 0.6) is 0 Å². The fraction of sp³-hybridized carbons (Fsp3) is 0.667. The molecule has 1 amide bonds. The van der Waals surface area contributed by atoms with Crippen LogP contribution < -0.4 is 5.32 Å². The van der Waals surface area contributed by atoms with Crippen LogP contribution in [0.3, 0.4) is 0 Å². The molecule has 1 spiro atoms. The largest absolute Gasteiger partial charge is 0.416 e. The van der Waals surface area contributed by atoms with Gasteiger partial charge in [-0.3, -0.25) is 9.69 Å². The molecule has 6 nitrogen and oxygen atoms in total. The van der Waals surface area contributed by atoms with Gasteiger partial charge in [0.05, 0.1) is 18.4 Å². The van der Waals surface area contributed by atoms with E-state index in [0.717, 1.165) is 37.8 Å². The van der Waals surface area contributed by atoms with Crippen LogP contribution in [-0.4, -0.2) is 61.5 Å². The van der Waals surface area contributed by atoms with Crippen molar-refractivity contribution >= 4 is 21.6 Å². The van der Waals surface area contributed by atoms with Crippen molar-refractivity contribution in [3.05, 3.63) is 29.8 Å². The first-order valence-corrected chi connectivity index (χ1v) is 12.2. The average molecular weight is 462 g/mol. The topological polar surface area (TPSA) is 69.7 Å². The third kappa shape index (κ3) is 5.78. The van der Waals surface area contributed by atoms with Gasteiger partial charge in [0.1, 0.15) is 0 Å². The third-order valence-corrected chi connectivity index (χ3v) is 8.00. The standard InChI is InChI=1S/C21H30F3N3O3S/c1-19(2)7-8-20(15-27(19)31(3,29)30)9-11-26(12-10-20)14-18(28)25-17-6-4-5-16(13-17)21(22,23)24/h4-6,13H,7-12,14-15H2,1-3H3,(H,25,28). The van der Waals surface area contributed by atoms with E-state index in [1.54, 1.807) is 4.31 Å². The molecule has 0 bridgehead atoms. The van der Waals surface area contributed by atoms with E-state index in [1.165, 1.54) is 18.4 Å². The summed E-state index contributed by atoms with van der Waals surface area (Å²) in [6, 6.07) is 4.58. The molecule has 2 fully saturated rings. The molecule has 10 heteroatoms. The molecule has 0 aromatic heterocycles. The van der Waals surface area contributed by atoms with Gasteiger partial charge < -0.3 is 5.32 Å². The highest BCUT2D eigenvalue weighted by Gasteiger charge is 2.47. The number of benzene rings is 1. The second-order valence-electron chi connectivity index (χ2n) is 9.48. The summed E-state index contributed by atoms with van der Waals surface area (Å²) in [5.41, 5.74) is -1.18. The van der Waals surface area contributed by atoms with Crippen LogP contribution in [0.1, 0.15) is 45.1 Å². The number of hydrogen-bond acceptors (Lipinski definition) is 4. The zero-order chi connectivity index (χ0) is 23.1. The first-order valence-electron chi connectivity index (χ1n) is 10.4. The number of piperidine rings is 2. The van der Waals surface area contributed by atoms with Gasteiger partial charge >= 0.3 is 6.18 Å². The van der Waals surface area contributed by atoms with E-state index in [4.69, 9.17) is 0 Å². The molecule has 2 aliphatic heterocycles. The Labute approximate surface area is 181 Å². The van der Waals surface area contributed by atoms with E-state index in [1.807, 2.05) is 18.7 Å². The zero-order valence-corrected chi connectivity index (χ0v) is 18.9. The molecule has 174 valence electrons. The first kappa shape index (κ1) is 24.0. The molecule has 0 aliphatic carbocycles. The lowest BCUT2D eigenvalue weighted by molar-refractivity contribution is -0.137. The number of nitrogens with zero attached hydrogens (tertiary/aromatic N) is 2. The molecule has 2 saturated heterocycles. The predicted molar refractivity (Wildman–Crippen MR) is 113 cm³/mol. The molecule has 1 aromatic carbocycles. The van der Waals surface area contributed by atoms with E-state index in [0.29, 0.717) is 19.6 Å². The molecule has 31 heavy (non-hydrogen) atoms. The smallest absolute Gasteiger partial charge is 0.325 e. The monoisotopic (exact) mass is 461 g/mol. The highest BCUT2D eigenvalue weighted by Crippen LogP contribution is 2.45. The lowest BCUT2D eigenvalue weighted by atomic mass is 9.69. The van der Waals surface area contributed by atoms with Crippen molar-refractivity contribution in [2.45, 2.75) is 51.2 Å². The van der Waals surface area contributed by atoms with E-state index in [2.05, 4.69) is 5.32 Å². The van der Waals surface area contributed by atoms with Gasteiger partial charge in [0.25, 0.3) is 0 Å². The normalized spacial score (nSPS) is 22.4. The van der Waals surface area contributed by atoms with Crippen LogP contribution in [0.2, 0.25) is 0 Å². The molecule has 3 rings (SSSR count). The SMILES string of the molecule is CC1(C)CCC2(CCN(CC(=O)Nc3cccc(C(F)(F)F)c3)CC2)CN1S(C)(=O)=O. The summed E-state index contributed by atoms with van der Waals surface area (Å²) in [6.07, 6.45) is 0.0849. The number of rotatable bonds is 4. The molecular formula is C21H30F3N3O3S. The Kier molecular flexibility index (Phi) is 6.48. The summed E-state index contributed by atoms with van der Waals surface area (Å²) in [7, 11) is -3.31. The van der Waals surface area contributed by atoms with E-state index < -0.39 is 27.3 Å². The van der Waals surface area contributed by atoms with Crippen LogP contribution in [0.4, 0.5) is 18.9 Å². The number of carbonyl (C=O) groups excluding carboxylic acids is 1. The lowest BCUT2D eigenvalue weighted by Crippen LogP contribution is -2.58. The summed E-state index contributed by atoms with van der Waals surface area (Å²) in [4.78, 5) is 14.3. The Hall–Kier alpha value is -1.65. The van der Waals surface area contributed by atoms with E-state index in [-0.39, 0.29) is 23.6 Å². The molecule has 0 unspecified atom stereocenters. The van der Waals surface area contributed by atoms with E-state index >= 15 is 0 Å². The Morgan fingerprint density at radius 1 is 1.13 bits per heavy atom. The maximum absolute atomic E-state index is 12.8. The number of amides is 1. The number of likely N-dealkylation sites (tertiary alicyclic amines) is 1. The Morgan fingerprint density at radius 3 is 2.35 bits per heavy atom. The van der Waals surface area contributed by atoms with Gasteiger partial charge in [0.15, 0.2) is 0 Å². The second kappa shape index (κ2) is 8.37. The van der Waals surface area contributed by atoms with Gasteiger partial charge in [0.2, 0.25) is 15.9 Å². The molecule has 2 aliphatic rings. The number of alkyl halides is 3. The molecule has 1 aromatic rings. The number of carbonyl (C=O) groups is 1. The first-order chi connectivity index (χ1) is 14.2. The van der Waals surface area contributed by atoms with Gasteiger partial charge in [0, 0.05) is 17.8 Å². The highest BCUT2D eigenvalue weighted by molar-refractivity contribution is 7.88. The number of anilines is 1. The van der Waals surface area contributed by atoms with E-state index in [9.17, 15) is 26.4 Å². The summed E-state index contributed by atoms with van der Waals surface area (Å²) in [6.45, 7) is 5.78. The van der Waals surface area contributed by atoms with Crippen molar-refractivity contribution in [1.29, 1.82) is 0 Å². The highest BCUT2D eigenvalue weighted by atomic mass is 32.2. The number of hydrogen-bond donors (Lipinski definition) is 1. The van der Waals surface area contributed by atoms with Gasteiger partial charge in [-0.05, 0) is 76.2 Å². The Balaban J connectivity index is 1.56. The summed E-state index contributed by atoms with van der Waals surface area (Å²) in [5, 5.41) is 2.54. The average Bonchev–Trinajstić information content (AvgIpc) is 2.64. The molecule has 1 N–H and O–H groups in total. The van der Waals surface area contributed by atoms with Crippen LogP contribution in [0, 0.1) is 5.41 Å². The van der Waals surface area contributed by atoms with Crippen molar-refractivity contribution in [2.75, 3.05) is 37.8 Å². The maximum atomic E-state index is 12.8. The minimum Gasteiger partial charge on any atom is -0.325 e. The van der Waals surface area contributed by atoms with Gasteiger partial charge in [-0.25, -0.2) is 8.42 Å². The second-order valence-corrected chi connectivity index (χ2v) is 11.4. The van der Waals surface area contributed by atoms with Crippen molar-refractivity contribution in [3.63, 3.8) is 0 Å². The van der Waals surface area contributed by atoms with Crippen LogP contribution in [-0.2, 0) is 21.0 Å². The number of nitrogens with one attached hydrogen (secondary N) is 1.